The molecule has 0 fully saturated rings. The number of benzene rings is 2. The molecule has 0 aromatic heterocycles. The molecule has 2 N–H and O–H groups in total. The Morgan fingerprint density at radius 2 is 1.67 bits per heavy atom. The lowest BCUT2D eigenvalue weighted by molar-refractivity contribution is -0.120. The second kappa shape index (κ2) is 10.6. The number of hydrogen-bond acceptors (Lipinski definition) is 3. The fourth-order valence-corrected chi connectivity index (χ4v) is 2.59. The molecule has 0 unspecified atom stereocenters. The lowest BCUT2D eigenvalue weighted by Crippen LogP contribution is -2.31. The van der Waals surface area contributed by atoms with Crippen LogP contribution < -0.4 is 15.4 Å². The zero-order valence-electron chi connectivity index (χ0n) is 14.4. The molecule has 0 heterocycles. The van der Waals surface area contributed by atoms with Crippen LogP contribution in [-0.2, 0) is 4.79 Å². The van der Waals surface area contributed by atoms with Crippen LogP contribution in [0.3, 0.4) is 0 Å². The number of halogens is 3. The van der Waals surface area contributed by atoms with Crippen LogP contribution in [0.2, 0.25) is 0 Å². The van der Waals surface area contributed by atoms with Crippen molar-refractivity contribution in [3.8, 4) is 5.75 Å². The molecule has 0 radical (unpaired) electrons. The fourth-order valence-electron chi connectivity index (χ4n) is 2.17. The Morgan fingerprint density at radius 3 is 2.41 bits per heavy atom. The van der Waals surface area contributed by atoms with Crippen molar-refractivity contribution in [1.82, 2.24) is 10.6 Å². The molecule has 0 bridgehead atoms. The smallest absolute Gasteiger partial charge is 0.252 e. The highest BCUT2D eigenvalue weighted by Gasteiger charge is 2.11. The van der Waals surface area contributed by atoms with Crippen LogP contribution in [0.5, 0.6) is 5.75 Å². The second-order valence-corrected chi connectivity index (χ2v) is 6.49. The first-order valence-corrected chi connectivity index (χ1v) is 9.13. The van der Waals surface area contributed by atoms with Crippen molar-refractivity contribution in [2.75, 3.05) is 19.7 Å². The Bertz CT molecular complexity index is 785. The topological polar surface area (TPSA) is 67.4 Å². The normalized spacial score (nSPS) is 10.3. The van der Waals surface area contributed by atoms with Gasteiger partial charge in [-0.15, -0.1) is 0 Å². The maximum atomic E-state index is 13.2. The van der Waals surface area contributed by atoms with Crippen molar-refractivity contribution in [3.63, 3.8) is 0 Å². The quantitative estimate of drug-likeness (QED) is 0.586. The van der Waals surface area contributed by atoms with Gasteiger partial charge in [-0.1, -0.05) is 0 Å². The molecule has 144 valence electrons. The van der Waals surface area contributed by atoms with Crippen molar-refractivity contribution in [1.29, 1.82) is 0 Å². The molecular formula is C19H19BrF2N2O3. The number of rotatable bonds is 9. The van der Waals surface area contributed by atoms with Gasteiger partial charge in [-0.25, -0.2) is 8.78 Å². The lowest BCUT2D eigenvalue weighted by atomic mass is 10.2. The SMILES string of the molecule is O=C(CCNC(=O)c1cc(F)ccc1Br)NCCCOc1ccc(F)cc1. The van der Waals surface area contributed by atoms with E-state index in [0.29, 0.717) is 29.8 Å². The minimum Gasteiger partial charge on any atom is -0.494 e. The van der Waals surface area contributed by atoms with Crippen molar-refractivity contribution >= 4 is 27.7 Å². The Kier molecular flexibility index (Phi) is 8.19. The number of carbonyl (C=O) groups excluding carboxylic acids is 2. The Labute approximate surface area is 164 Å². The van der Waals surface area contributed by atoms with Gasteiger partial charge in [0, 0.05) is 24.0 Å². The molecule has 0 aliphatic rings. The minimum absolute atomic E-state index is 0.109. The summed E-state index contributed by atoms with van der Waals surface area (Å²) in [6, 6.07) is 9.52. The van der Waals surface area contributed by atoms with Crippen LogP contribution in [0.15, 0.2) is 46.9 Å². The van der Waals surface area contributed by atoms with E-state index < -0.39 is 11.7 Å². The van der Waals surface area contributed by atoms with Gasteiger partial charge in [-0.2, -0.15) is 0 Å². The van der Waals surface area contributed by atoms with E-state index in [4.69, 9.17) is 4.74 Å². The van der Waals surface area contributed by atoms with E-state index in [1.54, 1.807) is 0 Å². The summed E-state index contributed by atoms with van der Waals surface area (Å²) in [6.45, 7) is 0.944. The average Bonchev–Trinajstić information content (AvgIpc) is 2.65. The third kappa shape index (κ3) is 7.34. The van der Waals surface area contributed by atoms with Gasteiger partial charge >= 0.3 is 0 Å². The summed E-state index contributed by atoms with van der Waals surface area (Å²) in [4.78, 5) is 23.7. The summed E-state index contributed by atoms with van der Waals surface area (Å²) in [5.74, 6) is -0.943. The monoisotopic (exact) mass is 440 g/mol. The molecular weight excluding hydrogens is 422 g/mol. The lowest BCUT2D eigenvalue weighted by Gasteiger charge is -2.09. The highest BCUT2D eigenvalue weighted by atomic mass is 79.9. The molecule has 0 saturated carbocycles. The number of amides is 2. The van der Waals surface area contributed by atoms with Crippen LogP contribution in [0.1, 0.15) is 23.2 Å². The largest absolute Gasteiger partial charge is 0.494 e. The Hall–Kier alpha value is -2.48. The van der Waals surface area contributed by atoms with Gasteiger partial charge < -0.3 is 15.4 Å². The number of nitrogens with one attached hydrogen (secondary N) is 2. The third-order valence-electron chi connectivity index (χ3n) is 3.54. The van der Waals surface area contributed by atoms with E-state index >= 15 is 0 Å². The number of carbonyl (C=O) groups is 2. The molecule has 0 saturated heterocycles. The van der Waals surface area contributed by atoms with Crippen LogP contribution in [0.25, 0.3) is 0 Å². The van der Waals surface area contributed by atoms with Crippen LogP contribution in [-0.4, -0.2) is 31.5 Å². The third-order valence-corrected chi connectivity index (χ3v) is 4.23. The maximum Gasteiger partial charge on any atom is 0.252 e. The molecule has 27 heavy (non-hydrogen) atoms. The standard InChI is InChI=1S/C19H19BrF2N2O3/c20-17-7-4-14(22)12-16(17)19(26)24-10-8-18(25)23-9-1-11-27-15-5-2-13(21)3-6-15/h2-7,12H,1,8-11H2,(H,23,25)(H,24,26). The van der Waals surface area contributed by atoms with Gasteiger partial charge in [-0.05, 0) is 64.8 Å². The van der Waals surface area contributed by atoms with Gasteiger partial charge in [0.05, 0.1) is 12.2 Å². The minimum atomic E-state index is -0.510. The molecule has 2 aromatic carbocycles. The van der Waals surface area contributed by atoms with Crippen molar-refractivity contribution in [3.05, 3.63) is 64.1 Å². The van der Waals surface area contributed by atoms with E-state index in [0.717, 1.165) is 6.07 Å². The predicted molar refractivity (Wildman–Crippen MR) is 101 cm³/mol. The van der Waals surface area contributed by atoms with E-state index in [2.05, 4.69) is 26.6 Å². The van der Waals surface area contributed by atoms with Gasteiger partial charge in [0.25, 0.3) is 5.91 Å². The van der Waals surface area contributed by atoms with Gasteiger partial charge in [0.2, 0.25) is 5.91 Å². The highest BCUT2D eigenvalue weighted by Crippen LogP contribution is 2.17. The Balaban J connectivity index is 1.58. The van der Waals surface area contributed by atoms with Crippen molar-refractivity contribution in [2.45, 2.75) is 12.8 Å². The molecule has 8 heteroatoms. The predicted octanol–water partition coefficient (Wildman–Crippen LogP) is 3.43. The summed E-state index contributed by atoms with van der Waals surface area (Å²) < 4.78 is 31.8. The van der Waals surface area contributed by atoms with Gasteiger partial charge in [-0.3, -0.25) is 9.59 Å². The van der Waals surface area contributed by atoms with Crippen LogP contribution in [0, 0.1) is 11.6 Å². The summed E-state index contributed by atoms with van der Waals surface area (Å²) in [7, 11) is 0. The first-order valence-electron chi connectivity index (χ1n) is 8.34. The molecule has 0 atom stereocenters. The molecule has 0 aliphatic heterocycles. The average molecular weight is 441 g/mol. The molecule has 0 aliphatic carbocycles. The van der Waals surface area contributed by atoms with Crippen LogP contribution in [0.4, 0.5) is 8.78 Å². The van der Waals surface area contributed by atoms with Crippen molar-refractivity contribution < 1.29 is 23.1 Å². The molecule has 2 amide bonds. The first kappa shape index (κ1) is 20.8. The van der Waals surface area contributed by atoms with Gasteiger partial charge in [0.1, 0.15) is 17.4 Å². The van der Waals surface area contributed by atoms with E-state index in [1.807, 2.05) is 0 Å². The zero-order valence-corrected chi connectivity index (χ0v) is 16.0. The summed E-state index contributed by atoms with van der Waals surface area (Å²) in [5, 5.41) is 5.29. The second-order valence-electron chi connectivity index (χ2n) is 5.64. The summed E-state index contributed by atoms with van der Waals surface area (Å²) in [5.41, 5.74) is 0.174. The molecule has 2 aromatic rings. The first-order chi connectivity index (χ1) is 13.0. The molecule has 0 spiro atoms. The maximum absolute atomic E-state index is 13.2. The number of hydrogen-bond donors (Lipinski definition) is 2. The van der Waals surface area contributed by atoms with Gasteiger partial charge in [0.15, 0.2) is 0 Å². The van der Waals surface area contributed by atoms with E-state index in [9.17, 15) is 18.4 Å². The zero-order chi connectivity index (χ0) is 19.6. The van der Waals surface area contributed by atoms with Crippen LogP contribution >= 0.6 is 15.9 Å². The highest BCUT2D eigenvalue weighted by molar-refractivity contribution is 9.10. The summed E-state index contributed by atoms with van der Waals surface area (Å²) in [6.07, 6.45) is 0.698. The van der Waals surface area contributed by atoms with E-state index in [-0.39, 0.29) is 30.3 Å². The van der Waals surface area contributed by atoms with E-state index in [1.165, 1.54) is 36.4 Å². The Morgan fingerprint density at radius 1 is 0.963 bits per heavy atom. The molecule has 5 nitrogen and oxygen atoms in total. The fraction of sp³-hybridized carbons (Fsp3) is 0.263. The summed E-state index contributed by atoms with van der Waals surface area (Å²) >= 11 is 3.18. The number of ether oxygens (including phenoxy) is 1. The van der Waals surface area contributed by atoms with Crippen molar-refractivity contribution in [2.24, 2.45) is 0 Å². The molecule has 2 rings (SSSR count).